The monoisotopic (exact) mass is 289 g/mol. The molecule has 1 amide bonds. The topological polar surface area (TPSA) is 125 Å². The predicted molar refractivity (Wildman–Crippen MR) is 73.5 cm³/mol. The number of nitrogens with one attached hydrogen (secondary N) is 2. The standard InChI is InChI=1S/C13H11N3O5/c1-7-3-2-4-9(11(7)13(18)19)15-12(17)10-5-8(6-14-10)16(20)21/h2-6,14H,1H3,(H,15,17)(H,18,19). The summed E-state index contributed by atoms with van der Waals surface area (Å²) in [5, 5.41) is 22.1. The quantitative estimate of drug-likeness (QED) is 0.587. The molecule has 0 saturated carbocycles. The third kappa shape index (κ3) is 2.89. The van der Waals surface area contributed by atoms with Gasteiger partial charge in [0.25, 0.3) is 11.6 Å². The van der Waals surface area contributed by atoms with Gasteiger partial charge in [-0.25, -0.2) is 4.79 Å². The van der Waals surface area contributed by atoms with Crippen molar-refractivity contribution in [1.29, 1.82) is 0 Å². The molecule has 0 atom stereocenters. The van der Waals surface area contributed by atoms with E-state index < -0.39 is 16.8 Å². The molecular formula is C13H11N3O5. The van der Waals surface area contributed by atoms with Crippen molar-refractivity contribution in [2.75, 3.05) is 5.32 Å². The Morgan fingerprint density at radius 2 is 2.10 bits per heavy atom. The molecule has 2 rings (SSSR count). The minimum Gasteiger partial charge on any atom is -0.478 e. The van der Waals surface area contributed by atoms with E-state index in [1.54, 1.807) is 19.1 Å². The van der Waals surface area contributed by atoms with Crippen LogP contribution in [0.2, 0.25) is 0 Å². The van der Waals surface area contributed by atoms with Gasteiger partial charge in [0.2, 0.25) is 0 Å². The minimum absolute atomic E-state index is 0.0214. The molecule has 1 aromatic carbocycles. The highest BCUT2D eigenvalue weighted by Gasteiger charge is 2.18. The molecule has 0 spiro atoms. The van der Waals surface area contributed by atoms with E-state index in [-0.39, 0.29) is 22.6 Å². The molecule has 8 nitrogen and oxygen atoms in total. The summed E-state index contributed by atoms with van der Waals surface area (Å²) in [6, 6.07) is 5.74. The van der Waals surface area contributed by atoms with Gasteiger partial charge >= 0.3 is 5.97 Å². The van der Waals surface area contributed by atoms with Crippen molar-refractivity contribution in [1.82, 2.24) is 4.98 Å². The Bertz CT molecular complexity index is 735. The van der Waals surface area contributed by atoms with E-state index in [4.69, 9.17) is 5.11 Å². The number of aromatic amines is 1. The van der Waals surface area contributed by atoms with Gasteiger partial charge in [-0.2, -0.15) is 0 Å². The number of hydrogen-bond donors (Lipinski definition) is 3. The van der Waals surface area contributed by atoms with Crippen LogP contribution < -0.4 is 5.32 Å². The fourth-order valence-corrected chi connectivity index (χ4v) is 1.86. The molecule has 2 aromatic rings. The molecular weight excluding hydrogens is 278 g/mol. The van der Waals surface area contributed by atoms with Gasteiger partial charge in [0, 0.05) is 6.07 Å². The maximum absolute atomic E-state index is 12.0. The maximum Gasteiger partial charge on any atom is 0.338 e. The first-order valence-corrected chi connectivity index (χ1v) is 5.87. The highest BCUT2D eigenvalue weighted by Crippen LogP contribution is 2.21. The van der Waals surface area contributed by atoms with Gasteiger partial charge in [0.05, 0.1) is 22.4 Å². The molecule has 0 fully saturated rings. The number of anilines is 1. The van der Waals surface area contributed by atoms with Gasteiger partial charge in [0.1, 0.15) is 5.69 Å². The smallest absolute Gasteiger partial charge is 0.338 e. The Balaban J connectivity index is 2.29. The number of aromatic carboxylic acids is 1. The van der Waals surface area contributed by atoms with Crippen LogP contribution in [0.4, 0.5) is 11.4 Å². The van der Waals surface area contributed by atoms with E-state index in [0.29, 0.717) is 5.56 Å². The van der Waals surface area contributed by atoms with Crippen LogP contribution in [0.5, 0.6) is 0 Å². The summed E-state index contributed by atoms with van der Waals surface area (Å²) >= 11 is 0. The number of aryl methyl sites for hydroxylation is 1. The molecule has 8 heteroatoms. The molecule has 3 N–H and O–H groups in total. The average Bonchev–Trinajstić information content (AvgIpc) is 2.88. The van der Waals surface area contributed by atoms with Crippen molar-refractivity contribution in [3.05, 3.63) is 57.4 Å². The van der Waals surface area contributed by atoms with E-state index in [1.165, 1.54) is 6.07 Å². The Kier molecular flexibility index (Phi) is 3.70. The molecule has 0 bridgehead atoms. The lowest BCUT2D eigenvalue weighted by atomic mass is 10.1. The van der Waals surface area contributed by atoms with Crippen LogP contribution in [-0.4, -0.2) is 26.9 Å². The fourth-order valence-electron chi connectivity index (χ4n) is 1.86. The summed E-state index contributed by atoms with van der Waals surface area (Å²) in [5.41, 5.74) is 0.330. The van der Waals surface area contributed by atoms with Gasteiger partial charge in [-0.05, 0) is 18.6 Å². The molecule has 0 aliphatic carbocycles. The van der Waals surface area contributed by atoms with Crippen LogP contribution in [0.25, 0.3) is 0 Å². The molecule has 0 saturated heterocycles. The predicted octanol–water partition coefficient (Wildman–Crippen LogP) is 2.18. The number of carboxylic acid groups (broad SMARTS) is 1. The Hall–Kier alpha value is -3.16. The largest absolute Gasteiger partial charge is 0.478 e. The molecule has 1 heterocycles. The molecule has 0 aliphatic rings. The number of benzene rings is 1. The highest BCUT2D eigenvalue weighted by molar-refractivity contribution is 6.07. The third-order valence-electron chi connectivity index (χ3n) is 2.86. The summed E-state index contributed by atoms with van der Waals surface area (Å²) in [5.74, 6) is -1.82. The van der Waals surface area contributed by atoms with E-state index in [9.17, 15) is 19.7 Å². The maximum atomic E-state index is 12.0. The minimum atomic E-state index is -1.17. The van der Waals surface area contributed by atoms with Crippen molar-refractivity contribution in [2.45, 2.75) is 6.92 Å². The summed E-state index contributed by atoms with van der Waals surface area (Å²) in [6.07, 6.45) is 1.09. The molecule has 21 heavy (non-hydrogen) atoms. The van der Waals surface area contributed by atoms with Crippen molar-refractivity contribution in [3.63, 3.8) is 0 Å². The van der Waals surface area contributed by atoms with Gasteiger partial charge in [-0.1, -0.05) is 12.1 Å². The summed E-state index contributed by atoms with van der Waals surface area (Å²) in [7, 11) is 0. The van der Waals surface area contributed by atoms with Gasteiger partial charge in [-0.15, -0.1) is 0 Å². The zero-order valence-corrected chi connectivity index (χ0v) is 10.9. The van der Waals surface area contributed by atoms with Gasteiger partial charge in [0.15, 0.2) is 0 Å². The number of carbonyl (C=O) groups excluding carboxylic acids is 1. The molecule has 1 aromatic heterocycles. The second-order valence-corrected chi connectivity index (χ2v) is 4.29. The van der Waals surface area contributed by atoms with Gasteiger partial charge < -0.3 is 15.4 Å². The second kappa shape index (κ2) is 5.45. The zero-order valence-electron chi connectivity index (χ0n) is 10.9. The molecule has 0 radical (unpaired) electrons. The van der Waals surface area contributed by atoms with Crippen LogP contribution in [-0.2, 0) is 0 Å². The number of aromatic nitrogens is 1. The van der Waals surface area contributed by atoms with E-state index in [1.807, 2.05) is 0 Å². The second-order valence-electron chi connectivity index (χ2n) is 4.29. The number of hydrogen-bond acceptors (Lipinski definition) is 4. The first-order valence-electron chi connectivity index (χ1n) is 5.87. The van der Waals surface area contributed by atoms with Crippen LogP contribution >= 0.6 is 0 Å². The molecule has 0 aliphatic heterocycles. The number of nitrogens with zero attached hydrogens (tertiary/aromatic N) is 1. The SMILES string of the molecule is Cc1cccc(NC(=O)c2cc([N+](=O)[O-])c[nH]2)c1C(=O)O. The van der Waals surface area contributed by atoms with Crippen LogP contribution in [0, 0.1) is 17.0 Å². The first kappa shape index (κ1) is 14.3. The fraction of sp³-hybridized carbons (Fsp3) is 0.0769. The van der Waals surface area contributed by atoms with E-state index in [2.05, 4.69) is 10.3 Å². The third-order valence-corrected chi connectivity index (χ3v) is 2.86. The Labute approximate surface area is 118 Å². The first-order chi connectivity index (χ1) is 9.90. The average molecular weight is 289 g/mol. The number of amides is 1. The van der Waals surface area contributed by atoms with Crippen molar-refractivity contribution in [2.24, 2.45) is 0 Å². The van der Waals surface area contributed by atoms with E-state index >= 15 is 0 Å². The number of carbonyl (C=O) groups is 2. The van der Waals surface area contributed by atoms with Gasteiger partial charge in [-0.3, -0.25) is 14.9 Å². The van der Waals surface area contributed by atoms with Crippen LogP contribution in [0.3, 0.4) is 0 Å². The highest BCUT2D eigenvalue weighted by atomic mass is 16.6. The van der Waals surface area contributed by atoms with Crippen LogP contribution in [0.1, 0.15) is 26.4 Å². The summed E-state index contributed by atoms with van der Waals surface area (Å²) < 4.78 is 0. The number of rotatable bonds is 4. The summed E-state index contributed by atoms with van der Waals surface area (Å²) in [6.45, 7) is 1.61. The lowest BCUT2D eigenvalue weighted by Gasteiger charge is -2.09. The lowest BCUT2D eigenvalue weighted by Crippen LogP contribution is -2.15. The number of carboxylic acids is 1. The Morgan fingerprint density at radius 3 is 2.67 bits per heavy atom. The normalized spacial score (nSPS) is 10.1. The summed E-state index contributed by atoms with van der Waals surface area (Å²) in [4.78, 5) is 35.6. The Morgan fingerprint density at radius 1 is 1.38 bits per heavy atom. The van der Waals surface area contributed by atoms with E-state index in [0.717, 1.165) is 12.3 Å². The van der Waals surface area contributed by atoms with Crippen LogP contribution in [0.15, 0.2) is 30.5 Å². The van der Waals surface area contributed by atoms with Crippen molar-refractivity contribution < 1.29 is 19.6 Å². The molecule has 108 valence electrons. The number of nitro groups is 1. The van der Waals surface area contributed by atoms with Crippen molar-refractivity contribution >= 4 is 23.3 Å². The molecule has 0 unspecified atom stereocenters. The lowest BCUT2D eigenvalue weighted by molar-refractivity contribution is -0.384. The van der Waals surface area contributed by atoms with Crippen molar-refractivity contribution in [3.8, 4) is 0 Å². The number of H-pyrrole nitrogens is 1. The zero-order chi connectivity index (χ0) is 15.6.